The summed E-state index contributed by atoms with van der Waals surface area (Å²) in [5.74, 6) is 0. The van der Waals surface area contributed by atoms with Crippen molar-refractivity contribution in [1.82, 2.24) is 4.90 Å². The maximum atomic E-state index is 9.03. The molecule has 0 unspecified atom stereocenters. The Morgan fingerprint density at radius 1 is 0.800 bits per heavy atom. The van der Waals surface area contributed by atoms with Gasteiger partial charge in [0, 0.05) is 6.54 Å². The van der Waals surface area contributed by atoms with Crippen LogP contribution in [-0.4, -0.2) is 91.3 Å². The quantitative estimate of drug-likeness (QED) is 0.408. The van der Waals surface area contributed by atoms with Crippen molar-refractivity contribution in [3.8, 4) is 0 Å². The summed E-state index contributed by atoms with van der Waals surface area (Å²) in [7, 11) is 3.98. The molecule has 0 aliphatic heterocycles. The molecule has 0 atom stereocenters. The number of nitrogens with zero attached hydrogens (tertiary/aromatic N) is 2. The molecular formula is C10H25N2O3+. The van der Waals surface area contributed by atoms with Gasteiger partial charge in [0.05, 0.1) is 26.4 Å². The van der Waals surface area contributed by atoms with Gasteiger partial charge in [0.1, 0.15) is 19.6 Å². The fraction of sp³-hybridized carbons (Fsp3) is 1.00. The molecule has 0 spiro atoms. The molecule has 0 heterocycles. The zero-order chi connectivity index (χ0) is 11.7. The Morgan fingerprint density at radius 2 is 1.20 bits per heavy atom. The van der Waals surface area contributed by atoms with E-state index in [2.05, 4.69) is 4.90 Å². The van der Waals surface area contributed by atoms with Crippen LogP contribution in [0.3, 0.4) is 0 Å². The zero-order valence-electron chi connectivity index (χ0n) is 9.89. The van der Waals surface area contributed by atoms with Crippen molar-refractivity contribution in [3.63, 3.8) is 0 Å². The standard InChI is InChI=1S/C10H25N2O3/c1-11(2)3-4-12(5-8-13,6-9-14)7-10-15/h13-15H,3-10H2,1-2H3/q+1. The number of aliphatic hydroxyl groups is 3. The third-order valence-electron chi connectivity index (χ3n) is 2.74. The highest BCUT2D eigenvalue weighted by molar-refractivity contribution is 4.48. The first kappa shape index (κ1) is 14.8. The average Bonchev–Trinajstić information content (AvgIpc) is 2.16. The van der Waals surface area contributed by atoms with E-state index in [0.717, 1.165) is 13.1 Å². The second-order valence-electron chi connectivity index (χ2n) is 4.21. The summed E-state index contributed by atoms with van der Waals surface area (Å²) in [6, 6.07) is 0. The van der Waals surface area contributed by atoms with Gasteiger partial charge in [0.25, 0.3) is 0 Å². The number of rotatable bonds is 9. The number of aliphatic hydroxyl groups excluding tert-OH is 3. The third kappa shape index (κ3) is 6.06. The molecule has 3 N–H and O–H groups in total. The van der Waals surface area contributed by atoms with Crippen LogP contribution in [0.5, 0.6) is 0 Å². The summed E-state index contributed by atoms with van der Waals surface area (Å²) < 4.78 is 0.585. The SMILES string of the molecule is CN(C)CC[N+](CCO)(CCO)CCO. The van der Waals surface area contributed by atoms with Crippen LogP contribution in [0.25, 0.3) is 0 Å². The van der Waals surface area contributed by atoms with Gasteiger partial charge in [0.2, 0.25) is 0 Å². The smallest absolute Gasteiger partial charge is 0.102 e. The van der Waals surface area contributed by atoms with Crippen LogP contribution in [0.4, 0.5) is 0 Å². The summed E-state index contributed by atoms with van der Waals surface area (Å²) in [5, 5.41) is 27.1. The molecule has 0 radical (unpaired) electrons. The van der Waals surface area contributed by atoms with E-state index in [9.17, 15) is 0 Å². The van der Waals surface area contributed by atoms with E-state index >= 15 is 0 Å². The van der Waals surface area contributed by atoms with E-state index in [1.54, 1.807) is 0 Å². The maximum absolute atomic E-state index is 9.03. The van der Waals surface area contributed by atoms with Crippen molar-refractivity contribution in [2.75, 3.05) is 66.6 Å². The zero-order valence-corrected chi connectivity index (χ0v) is 9.89. The van der Waals surface area contributed by atoms with Crippen molar-refractivity contribution >= 4 is 0 Å². The van der Waals surface area contributed by atoms with E-state index in [1.807, 2.05) is 14.1 Å². The second-order valence-corrected chi connectivity index (χ2v) is 4.21. The molecular weight excluding hydrogens is 196 g/mol. The largest absolute Gasteiger partial charge is 0.391 e. The molecule has 0 aliphatic carbocycles. The number of likely N-dealkylation sites (N-methyl/N-ethyl adjacent to an activating group) is 1. The molecule has 5 nitrogen and oxygen atoms in total. The fourth-order valence-electron chi connectivity index (χ4n) is 1.72. The molecule has 0 saturated carbocycles. The molecule has 0 amide bonds. The topological polar surface area (TPSA) is 63.9 Å². The highest BCUT2D eigenvalue weighted by atomic mass is 16.3. The van der Waals surface area contributed by atoms with Crippen molar-refractivity contribution in [2.45, 2.75) is 0 Å². The van der Waals surface area contributed by atoms with Crippen LogP contribution in [-0.2, 0) is 0 Å². The van der Waals surface area contributed by atoms with Crippen molar-refractivity contribution in [3.05, 3.63) is 0 Å². The summed E-state index contributed by atoms with van der Waals surface area (Å²) in [6.45, 7) is 3.78. The summed E-state index contributed by atoms with van der Waals surface area (Å²) in [4.78, 5) is 2.07. The molecule has 5 heteroatoms. The van der Waals surface area contributed by atoms with Crippen LogP contribution >= 0.6 is 0 Å². The Labute approximate surface area is 92.1 Å². The Morgan fingerprint density at radius 3 is 1.47 bits per heavy atom. The van der Waals surface area contributed by atoms with Crippen LogP contribution < -0.4 is 0 Å². The lowest BCUT2D eigenvalue weighted by atomic mass is 10.3. The van der Waals surface area contributed by atoms with Gasteiger partial charge in [-0.3, -0.25) is 0 Å². The molecule has 0 aromatic heterocycles. The van der Waals surface area contributed by atoms with E-state index in [4.69, 9.17) is 15.3 Å². The van der Waals surface area contributed by atoms with Crippen LogP contribution in [0.2, 0.25) is 0 Å². The first-order valence-corrected chi connectivity index (χ1v) is 5.42. The average molecular weight is 221 g/mol. The summed E-state index contributed by atoms with van der Waals surface area (Å²) in [5.41, 5.74) is 0. The lowest BCUT2D eigenvalue weighted by Gasteiger charge is -2.38. The fourth-order valence-corrected chi connectivity index (χ4v) is 1.72. The third-order valence-corrected chi connectivity index (χ3v) is 2.74. The van der Waals surface area contributed by atoms with Crippen LogP contribution in [0, 0.1) is 0 Å². The minimum Gasteiger partial charge on any atom is -0.391 e. The number of quaternary nitrogens is 1. The minimum atomic E-state index is 0.0907. The Bertz CT molecular complexity index is 137. The highest BCUT2D eigenvalue weighted by Gasteiger charge is 2.25. The number of hydrogen-bond acceptors (Lipinski definition) is 4. The molecule has 15 heavy (non-hydrogen) atoms. The predicted octanol–water partition coefficient (Wildman–Crippen LogP) is -1.66. The highest BCUT2D eigenvalue weighted by Crippen LogP contribution is 2.05. The lowest BCUT2D eigenvalue weighted by molar-refractivity contribution is -0.928. The summed E-state index contributed by atoms with van der Waals surface area (Å²) >= 11 is 0. The van der Waals surface area contributed by atoms with Gasteiger partial charge in [-0.25, -0.2) is 0 Å². The maximum Gasteiger partial charge on any atom is 0.102 e. The predicted molar refractivity (Wildman–Crippen MR) is 59.5 cm³/mol. The van der Waals surface area contributed by atoms with Gasteiger partial charge >= 0.3 is 0 Å². The monoisotopic (exact) mass is 221 g/mol. The normalized spacial score (nSPS) is 12.4. The second kappa shape index (κ2) is 8.01. The van der Waals surface area contributed by atoms with Crippen LogP contribution in [0.1, 0.15) is 0 Å². The molecule has 0 rings (SSSR count). The first-order valence-electron chi connectivity index (χ1n) is 5.42. The molecule has 0 aromatic rings. The summed E-state index contributed by atoms with van der Waals surface area (Å²) in [6.07, 6.45) is 0. The number of hydrogen-bond donors (Lipinski definition) is 3. The van der Waals surface area contributed by atoms with Crippen LogP contribution in [0.15, 0.2) is 0 Å². The Balaban J connectivity index is 4.31. The van der Waals surface area contributed by atoms with Crippen molar-refractivity contribution < 1.29 is 19.8 Å². The Kier molecular flexibility index (Phi) is 7.90. The first-order chi connectivity index (χ1) is 7.10. The van der Waals surface area contributed by atoms with Gasteiger partial charge in [-0.05, 0) is 14.1 Å². The van der Waals surface area contributed by atoms with Gasteiger partial charge in [0.15, 0.2) is 0 Å². The molecule has 92 valence electrons. The van der Waals surface area contributed by atoms with Gasteiger partial charge < -0.3 is 24.7 Å². The molecule has 0 bridgehead atoms. The van der Waals surface area contributed by atoms with Crippen molar-refractivity contribution in [1.29, 1.82) is 0 Å². The molecule has 0 fully saturated rings. The van der Waals surface area contributed by atoms with Gasteiger partial charge in [-0.1, -0.05) is 0 Å². The minimum absolute atomic E-state index is 0.0907. The molecule has 0 saturated heterocycles. The van der Waals surface area contributed by atoms with E-state index in [-0.39, 0.29) is 19.8 Å². The lowest BCUT2D eigenvalue weighted by Crippen LogP contribution is -2.55. The van der Waals surface area contributed by atoms with Gasteiger partial charge in [-0.2, -0.15) is 0 Å². The van der Waals surface area contributed by atoms with Crippen molar-refractivity contribution in [2.24, 2.45) is 0 Å². The molecule has 0 aromatic carbocycles. The Hall–Kier alpha value is -0.200. The van der Waals surface area contributed by atoms with E-state index < -0.39 is 0 Å². The van der Waals surface area contributed by atoms with Gasteiger partial charge in [-0.15, -0.1) is 0 Å². The molecule has 0 aliphatic rings. The van der Waals surface area contributed by atoms with E-state index in [1.165, 1.54) is 0 Å². The van der Waals surface area contributed by atoms with E-state index in [0.29, 0.717) is 24.1 Å².